The summed E-state index contributed by atoms with van der Waals surface area (Å²) in [6.07, 6.45) is 2.09. The van der Waals surface area contributed by atoms with Crippen molar-refractivity contribution in [1.29, 1.82) is 0 Å². The number of furan rings is 1. The summed E-state index contributed by atoms with van der Waals surface area (Å²) in [4.78, 5) is 3.56. The number of hydrogen-bond donors (Lipinski definition) is 0. The van der Waals surface area contributed by atoms with E-state index in [-0.39, 0.29) is 0 Å². The monoisotopic (exact) mass is 748 g/mol. The van der Waals surface area contributed by atoms with Gasteiger partial charge in [0, 0.05) is 54.6 Å². The van der Waals surface area contributed by atoms with Crippen LogP contribution in [0.4, 0.5) is 17.1 Å². The average molecular weight is 749 g/mol. The predicted octanol–water partition coefficient (Wildman–Crippen LogP) is 15.2. The van der Waals surface area contributed by atoms with Crippen LogP contribution in [0.25, 0.3) is 69.4 Å². The van der Waals surface area contributed by atoms with Crippen molar-refractivity contribution in [3.05, 3.63) is 205 Å². The van der Waals surface area contributed by atoms with E-state index in [9.17, 15) is 0 Å². The lowest BCUT2D eigenvalue weighted by Gasteiger charge is -2.25. The minimum absolute atomic E-state index is 0.308. The molecule has 4 heteroatoms. The molecule has 0 bridgehead atoms. The van der Waals surface area contributed by atoms with Gasteiger partial charge in [-0.3, -0.25) is 4.40 Å². The zero-order valence-corrected chi connectivity index (χ0v) is 31.9. The van der Waals surface area contributed by atoms with Gasteiger partial charge in [-0.25, -0.2) is 0 Å². The highest BCUT2D eigenvalue weighted by atomic mass is 32.1. The first-order chi connectivity index (χ1) is 28.3. The summed E-state index contributed by atoms with van der Waals surface area (Å²) in [5.41, 5.74) is 10.6. The van der Waals surface area contributed by atoms with Gasteiger partial charge in [-0.05, 0) is 94.9 Å². The normalized spacial score (nSPS) is 12.6. The van der Waals surface area contributed by atoms with Crippen molar-refractivity contribution in [2.24, 2.45) is 0 Å². The van der Waals surface area contributed by atoms with E-state index in [2.05, 4.69) is 197 Å². The van der Waals surface area contributed by atoms with Gasteiger partial charge >= 0.3 is 0 Å². The molecular weight excluding hydrogens is 713 g/mol. The van der Waals surface area contributed by atoms with Gasteiger partial charge in [0.05, 0.1) is 10.9 Å². The molecule has 0 saturated carbocycles. The van der Waals surface area contributed by atoms with E-state index in [0.717, 1.165) is 52.0 Å². The van der Waals surface area contributed by atoms with Crippen molar-refractivity contribution in [1.82, 2.24) is 4.40 Å². The van der Waals surface area contributed by atoms with E-state index in [1.54, 1.807) is 0 Å². The molecule has 0 fully saturated rings. The summed E-state index contributed by atoms with van der Waals surface area (Å²) >= 11 is 1.89. The van der Waals surface area contributed by atoms with Gasteiger partial charge in [0.15, 0.2) is 0 Å². The Morgan fingerprint density at radius 3 is 1.93 bits per heavy atom. The van der Waals surface area contributed by atoms with Crippen LogP contribution in [0.3, 0.4) is 0 Å². The third kappa shape index (κ3) is 5.11. The number of benzene rings is 8. The third-order valence-electron chi connectivity index (χ3n) is 12.0. The highest BCUT2D eigenvalue weighted by Gasteiger charge is 2.26. The Morgan fingerprint density at radius 1 is 0.509 bits per heavy atom. The van der Waals surface area contributed by atoms with E-state index in [1.807, 2.05) is 11.3 Å². The molecule has 12 aromatic rings. The summed E-state index contributed by atoms with van der Waals surface area (Å²) in [5, 5.41) is 9.86. The Bertz CT molecular complexity index is 3360. The fraction of sp³-hybridized carbons (Fsp3) is 0.0566. The topological polar surface area (TPSA) is 20.8 Å². The first-order valence-corrected chi connectivity index (χ1v) is 20.6. The smallest absolute Gasteiger partial charge is 0.214 e. The van der Waals surface area contributed by atoms with Crippen molar-refractivity contribution in [3.8, 4) is 0 Å². The van der Waals surface area contributed by atoms with E-state index < -0.39 is 0 Å². The molecule has 0 aliphatic rings. The van der Waals surface area contributed by atoms with Crippen LogP contribution in [-0.2, 0) is 6.42 Å². The maximum absolute atomic E-state index is 6.97. The zero-order chi connectivity index (χ0) is 37.5. The predicted molar refractivity (Wildman–Crippen MR) is 241 cm³/mol. The number of rotatable bonds is 8. The minimum atomic E-state index is 0.308. The van der Waals surface area contributed by atoms with Crippen LogP contribution >= 0.6 is 11.3 Å². The Labute approximate surface area is 333 Å². The maximum Gasteiger partial charge on any atom is 0.214 e. The zero-order valence-electron chi connectivity index (χ0n) is 31.1. The summed E-state index contributed by atoms with van der Waals surface area (Å²) in [5.74, 6) is 0.308. The van der Waals surface area contributed by atoms with Gasteiger partial charge in [0.25, 0.3) is 0 Å². The van der Waals surface area contributed by atoms with E-state index in [0.29, 0.717) is 5.92 Å². The molecular formula is C53H36N2OS. The van der Waals surface area contributed by atoms with E-state index >= 15 is 0 Å². The number of fused-ring (bicyclic) bond motifs is 11. The molecule has 0 radical (unpaired) electrons. The van der Waals surface area contributed by atoms with Crippen LogP contribution in [0.2, 0.25) is 0 Å². The fourth-order valence-electron chi connectivity index (χ4n) is 9.36. The van der Waals surface area contributed by atoms with Crippen LogP contribution in [0.15, 0.2) is 192 Å². The Hall–Kier alpha value is -6.88. The minimum Gasteiger partial charge on any atom is -0.439 e. The third-order valence-corrected chi connectivity index (χ3v) is 13.1. The van der Waals surface area contributed by atoms with Crippen LogP contribution in [0.5, 0.6) is 0 Å². The second kappa shape index (κ2) is 12.8. The van der Waals surface area contributed by atoms with Gasteiger partial charge in [0.1, 0.15) is 10.4 Å². The van der Waals surface area contributed by atoms with Crippen molar-refractivity contribution in [2.45, 2.75) is 18.8 Å². The van der Waals surface area contributed by atoms with Gasteiger partial charge in [0.2, 0.25) is 5.71 Å². The quantitative estimate of drug-likeness (QED) is 0.154. The molecule has 12 rings (SSSR count). The van der Waals surface area contributed by atoms with Crippen LogP contribution in [0, 0.1) is 0 Å². The Morgan fingerprint density at radius 2 is 1.19 bits per heavy atom. The molecule has 57 heavy (non-hydrogen) atoms. The molecule has 0 aliphatic carbocycles. The molecule has 0 aliphatic heterocycles. The van der Waals surface area contributed by atoms with Crippen LogP contribution in [0.1, 0.15) is 29.0 Å². The van der Waals surface area contributed by atoms with E-state index in [1.165, 1.54) is 64.1 Å². The van der Waals surface area contributed by atoms with Crippen molar-refractivity contribution in [3.63, 3.8) is 0 Å². The molecule has 4 aromatic heterocycles. The van der Waals surface area contributed by atoms with Crippen LogP contribution in [-0.4, -0.2) is 4.40 Å². The van der Waals surface area contributed by atoms with Gasteiger partial charge < -0.3 is 9.32 Å². The number of aryl methyl sites for hydroxylation is 1. The second-order valence-corrected chi connectivity index (χ2v) is 16.3. The number of thiophene rings is 1. The molecule has 0 N–H and O–H groups in total. The Kier molecular flexibility index (Phi) is 7.29. The maximum atomic E-state index is 6.97. The molecule has 270 valence electrons. The summed E-state index contributed by atoms with van der Waals surface area (Å²) in [6, 6.07) is 68.4. The molecule has 0 amide bonds. The number of hydrogen-bond acceptors (Lipinski definition) is 3. The van der Waals surface area contributed by atoms with Crippen molar-refractivity contribution < 1.29 is 4.42 Å². The second-order valence-electron chi connectivity index (χ2n) is 15.2. The van der Waals surface area contributed by atoms with Crippen molar-refractivity contribution in [2.75, 3.05) is 4.90 Å². The summed E-state index contributed by atoms with van der Waals surface area (Å²) < 4.78 is 10.7. The molecule has 0 unspecified atom stereocenters. The molecule has 8 aromatic carbocycles. The SMILES string of the molecule is c1ccc(CC[C@H](c2ccccc2)c2ccc3c(c2)sc2c3c3cccc4c5c6cc7ccc(N(c8ccccc8)c8ccccc8)cc7cc6oc5n2c43)cc1. The molecule has 1 atom stereocenters. The lowest BCUT2D eigenvalue weighted by molar-refractivity contribution is 0.652. The number of aromatic nitrogens is 1. The molecule has 3 nitrogen and oxygen atoms in total. The van der Waals surface area contributed by atoms with Crippen molar-refractivity contribution >= 4 is 97.8 Å². The van der Waals surface area contributed by atoms with E-state index in [4.69, 9.17) is 4.42 Å². The standard InChI is InChI=1S/C53H36N2OS/c1-5-14-34(15-6-1)24-28-42(35-16-7-2-8-17-35)37-26-29-43-48(33-37)57-53-50(43)45-23-13-22-44-49-46-31-36-25-27-41(30-38(36)32-47(46)56-52(49)55(53)51(44)45)54(39-18-9-3-10-19-39)40-20-11-4-12-21-40/h1-23,25-27,29-33,42H,24,28H2/t42-/m1/s1. The number of anilines is 3. The largest absolute Gasteiger partial charge is 0.439 e. The first kappa shape index (κ1) is 32.4. The highest BCUT2D eigenvalue weighted by molar-refractivity contribution is 7.25. The Balaban J connectivity index is 1.01. The molecule has 4 heterocycles. The fourth-order valence-corrected chi connectivity index (χ4v) is 10.6. The van der Waals surface area contributed by atoms with Gasteiger partial charge in [-0.15, -0.1) is 11.3 Å². The highest BCUT2D eigenvalue weighted by Crippen LogP contribution is 2.49. The number of para-hydroxylation sites is 3. The first-order valence-electron chi connectivity index (χ1n) is 19.8. The number of nitrogens with zero attached hydrogens (tertiary/aromatic N) is 2. The van der Waals surface area contributed by atoms with Gasteiger partial charge in [-0.2, -0.15) is 0 Å². The van der Waals surface area contributed by atoms with Crippen LogP contribution < -0.4 is 4.90 Å². The lowest BCUT2D eigenvalue weighted by Crippen LogP contribution is -2.09. The summed E-state index contributed by atoms with van der Waals surface area (Å²) in [6.45, 7) is 0. The average Bonchev–Trinajstić information content (AvgIpc) is 4.00. The molecule has 0 spiro atoms. The lowest BCUT2D eigenvalue weighted by atomic mass is 9.86. The molecule has 0 saturated heterocycles. The van der Waals surface area contributed by atoms with Gasteiger partial charge in [-0.1, -0.05) is 133 Å². The summed E-state index contributed by atoms with van der Waals surface area (Å²) in [7, 11) is 0.